The van der Waals surface area contributed by atoms with Gasteiger partial charge in [-0.05, 0) is 69.0 Å². The molecule has 1 aromatic rings. The minimum atomic E-state index is -3.83. The van der Waals surface area contributed by atoms with Crippen LogP contribution in [0.15, 0.2) is 51.8 Å². The number of sulfonamides is 1. The van der Waals surface area contributed by atoms with Gasteiger partial charge in [0, 0.05) is 41.5 Å². The van der Waals surface area contributed by atoms with Crippen molar-refractivity contribution < 1.29 is 22.7 Å². The second-order valence-corrected chi connectivity index (χ2v) is 14.2. The van der Waals surface area contributed by atoms with Crippen molar-refractivity contribution in [1.29, 1.82) is 0 Å². The lowest BCUT2D eigenvalue weighted by atomic mass is 9.99. The van der Waals surface area contributed by atoms with E-state index in [4.69, 9.17) is 16.3 Å². The molecule has 3 atom stereocenters. The summed E-state index contributed by atoms with van der Waals surface area (Å²) in [4.78, 5) is 29.0. The van der Waals surface area contributed by atoms with Gasteiger partial charge in [-0.25, -0.2) is 13.2 Å². The number of rotatable bonds is 4. The average molecular weight is 564 g/mol. The molecule has 0 bridgehead atoms. The number of hydrogen-bond acceptors (Lipinski definition) is 6. The average Bonchev–Trinajstić information content (AvgIpc) is 3.41. The van der Waals surface area contributed by atoms with Crippen LogP contribution in [0.4, 0.5) is 10.5 Å². The van der Waals surface area contributed by atoms with Crippen molar-refractivity contribution in [2.45, 2.75) is 57.1 Å². The van der Waals surface area contributed by atoms with Gasteiger partial charge >= 0.3 is 6.09 Å². The van der Waals surface area contributed by atoms with Gasteiger partial charge in [0.15, 0.2) is 0 Å². The summed E-state index contributed by atoms with van der Waals surface area (Å²) < 4.78 is 34.5. The highest BCUT2D eigenvalue weighted by Gasteiger charge is 2.39. The molecule has 0 aromatic heterocycles. The highest BCUT2D eigenvalue weighted by atomic mass is 35.5. The molecule has 1 N–H and O–H groups in total. The van der Waals surface area contributed by atoms with Crippen LogP contribution in [-0.4, -0.2) is 55.3 Å². The molecular weight excluding hydrogens is 534 g/mol. The molecule has 8 nitrogen and oxygen atoms in total. The van der Waals surface area contributed by atoms with Crippen LogP contribution in [0.25, 0.3) is 0 Å². The summed E-state index contributed by atoms with van der Waals surface area (Å²) in [5.41, 5.74) is 2.27. The van der Waals surface area contributed by atoms with E-state index < -0.39 is 21.7 Å². The lowest BCUT2D eigenvalue weighted by Crippen LogP contribution is -2.41. The Bertz CT molecular complexity index is 1330. The van der Waals surface area contributed by atoms with Crippen molar-refractivity contribution >= 4 is 51.1 Å². The van der Waals surface area contributed by atoms with Crippen molar-refractivity contribution in [1.82, 2.24) is 9.62 Å². The van der Waals surface area contributed by atoms with E-state index in [1.165, 1.54) is 11.8 Å². The minimum absolute atomic E-state index is 0.00779. The number of allylic oxidation sites excluding steroid dienone is 4. The molecule has 198 valence electrons. The van der Waals surface area contributed by atoms with Gasteiger partial charge in [-0.3, -0.25) is 4.79 Å². The number of carbonyl (C=O) groups excluding carboxylic acids is 2. The largest absolute Gasteiger partial charge is 0.444 e. The number of hydrogen-bond donors (Lipinski definition) is 1. The first kappa shape index (κ1) is 26.3. The third kappa shape index (κ3) is 5.62. The van der Waals surface area contributed by atoms with Crippen molar-refractivity contribution in [2.75, 3.05) is 18.0 Å². The summed E-state index contributed by atoms with van der Waals surface area (Å²) in [7, 11) is -3.83. The van der Waals surface area contributed by atoms with E-state index in [1.54, 1.807) is 22.0 Å². The van der Waals surface area contributed by atoms with Crippen LogP contribution in [-0.2, 0) is 32.5 Å². The zero-order valence-electron chi connectivity index (χ0n) is 20.9. The molecule has 1 fully saturated rings. The fraction of sp³-hybridized carbons (Fsp3) is 0.462. The summed E-state index contributed by atoms with van der Waals surface area (Å²) in [5.74, 6) is -0.342. The van der Waals surface area contributed by atoms with E-state index in [2.05, 4.69) is 4.72 Å². The van der Waals surface area contributed by atoms with Crippen LogP contribution in [0.1, 0.15) is 38.3 Å². The predicted octanol–water partition coefficient (Wildman–Crippen LogP) is 4.27. The highest BCUT2D eigenvalue weighted by Crippen LogP contribution is 2.43. The lowest BCUT2D eigenvalue weighted by Gasteiger charge is -2.31. The van der Waals surface area contributed by atoms with Crippen LogP contribution < -0.4 is 9.62 Å². The van der Waals surface area contributed by atoms with Crippen molar-refractivity contribution in [2.24, 2.45) is 5.92 Å². The van der Waals surface area contributed by atoms with E-state index in [0.29, 0.717) is 37.5 Å². The van der Waals surface area contributed by atoms with Gasteiger partial charge in [0.05, 0.1) is 0 Å². The SMILES string of the molecule is CC(C)(C)OC(=O)N1CCc2cc(N3CC[C@H](NS(=O)(=O)C4=CC5C=C(Cl)C=CC5S4)C3=O)ccc2C1. The molecule has 3 aliphatic heterocycles. The monoisotopic (exact) mass is 563 g/mol. The van der Waals surface area contributed by atoms with Crippen molar-refractivity contribution in [3.8, 4) is 0 Å². The Morgan fingerprint density at radius 2 is 1.97 bits per heavy atom. The van der Waals surface area contributed by atoms with Gasteiger partial charge in [-0.2, -0.15) is 4.72 Å². The molecule has 3 heterocycles. The van der Waals surface area contributed by atoms with Crippen LogP contribution >= 0.6 is 23.4 Å². The number of halogens is 1. The summed E-state index contributed by atoms with van der Waals surface area (Å²) in [6, 6.07) is 4.94. The second kappa shape index (κ2) is 9.80. The highest BCUT2D eigenvalue weighted by molar-refractivity contribution is 8.18. The number of carbonyl (C=O) groups is 2. The maximum absolute atomic E-state index is 13.2. The molecule has 0 radical (unpaired) electrons. The minimum Gasteiger partial charge on any atom is -0.444 e. The number of anilines is 1. The summed E-state index contributed by atoms with van der Waals surface area (Å²) in [6.45, 7) is 6.94. The molecule has 4 aliphatic rings. The van der Waals surface area contributed by atoms with Crippen LogP contribution in [0, 0.1) is 5.92 Å². The van der Waals surface area contributed by atoms with Gasteiger partial charge in [-0.15, -0.1) is 11.8 Å². The van der Waals surface area contributed by atoms with Crippen molar-refractivity contribution in [3.05, 3.63) is 62.9 Å². The second-order valence-electron chi connectivity index (χ2n) is 10.6. The smallest absolute Gasteiger partial charge is 0.410 e. The van der Waals surface area contributed by atoms with Crippen LogP contribution in [0.3, 0.4) is 0 Å². The summed E-state index contributed by atoms with van der Waals surface area (Å²) in [5, 5.41) is 0.584. The molecule has 5 rings (SSSR count). The zero-order chi connectivity index (χ0) is 26.5. The molecule has 2 amide bonds. The molecule has 37 heavy (non-hydrogen) atoms. The van der Waals surface area contributed by atoms with E-state index >= 15 is 0 Å². The van der Waals surface area contributed by atoms with Crippen LogP contribution in [0.5, 0.6) is 0 Å². The topological polar surface area (TPSA) is 96.0 Å². The maximum Gasteiger partial charge on any atom is 0.410 e. The fourth-order valence-corrected chi connectivity index (χ4v) is 8.10. The first-order valence-electron chi connectivity index (χ1n) is 12.3. The number of thioether (sulfide) groups is 1. The number of amides is 2. The molecule has 0 saturated carbocycles. The first-order valence-corrected chi connectivity index (χ1v) is 15.0. The van der Waals surface area contributed by atoms with Gasteiger partial charge in [0.1, 0.15) is 15.9 Å². The zero-order valence-corrected chi connectivity index (χ0v) is 23.3. The number of fused-ring (bicyclic) bond motifs is 2. The number of benzene rings is 1. The summed E-state index contributed by atoms with van der Waals surface area (Å²) in [6.07, 6.45) is 7.93. The Morgan fingerprint density at radius 1 is 1.19 bits per heavy atom. The molecule has 1 aromatic carbocycles. The molecule has 0 spiro atoms. The Balaban J connectivity index is 1.24. The maximum atomic E-state index is 13.2. The molecule has 1 aliphatic carbocycles. The molecule has 1 saturated heterocycles. The predicted molar refractivity (Wildman–Crippen MR) is 146 cm³/mol. The van der Waals surface area contributed by atoms with Crippen molar-refractivity contribution in [3.63, 3.8) is 0 Å². The molecule has 11 heteroatoms. The Morgan fingerprint density at radius 3 is 2.73 bits per heavy atom. The number of nitrogens with zero attached hydrogens (tertiary/aromatic N) is 2. The number of nitrogens with one attached hydrogen (secondary N) is 1. The quantitative estimate of drug-likeness (QED) is 0.588. The van der Waals surface area contributed by atoms with Crippen LogP contribution in [0.2, 0.25) is 0 Å². The van der Waals surface area contributed by atoms with Gasteiger partial charge in [0.25, 0.3) is 0 Å². The molecular formula is C26H30ClN3O5S2. The first-order chi connectivity index (χ1) is 17.4. The number of ether oxygens (including phenoxy) is 1. The van der Waals surface area contributed by atoms with Gasteiger partial charge in [0.2, 0.25) is 15.9 Å². The standard InChI is InChI=1S/C26H30ClN3O5S2/c1-26(2,3)35-25(32)29-10-8-16-13-20(6-4-17(16)15-29)30-11-9-21(24(30)31)28-37(33,34)23-14-18-12-19(27)5-7-22(18)36-23/h4-7,12-14,18,21-22,28H,8-11,15H2,1-3H3/t18?,21-,22?/m0/s1. The fourth-order valence-electron chi connectivity index (χ4n) is 4.87. The van der Waals surface area contributed by atoms with E-state index in [-0.39, 0.29) is 27.4 Å². The van der Waals surface area contributed by atoms with Gasteiger partial charge < -0.3 is 14.5 Å². The Hall–Kier alpha value is -2.27. The Kier molecular flexibility index (Phi) is 6.97. The van der Waals surface area contributed by atoms with E-state index in [9.17, 15) is 18.0 Å². The third-order valence-electron chi connectivity index (χ3n) is 6.69. The van der Waals surface area contributed by atoms with Gasteiger partial charge in [-0.1, -0.05) is 29.8 Å². The Labute approximate surface area is 226 Å². The summed E-state index contributed by atoms with van der Waals surface area (Å²) >= 11 is 7.33. The lowest BCUT2D eigenvalue weighted by molar-refractivity contribution is -0.118. The normalized spacial score (nSPS) is 25.5. The molecule has 2 unspecified atom stereocenters. The van der Waals surface area contributed by atoms with E-state index in [0.717, 1.165) is 16.8 Å². The third-order valence-corrected chi connectivity index (χ3v) is 10.3. The van der Waals surface area contributed by atoms with E-state index in [1.807, 2.05) is 51.1 Å².